The molecule has 0 saturated heterocycles. The molecule has 0 amide bonds. The standard InChI is InChI=1S/C44H79O9P/c1-4-6-7-8-18-24-29-34-41(45)35-30-25-20-17-22-27-32-37-44(47)53-42(39-52-54(48,49)50)38-51-43(46)36-31-26-21-16-14-12-10-9-11-13-15-19-23-28-33-40(3)5-2/h17-18,22,24-25,29-30,34,40-42,45H,4-16,19-21,23,26-28,31-33,35-39H2,1-3H3,(H2,48,49,50)/b22-17+,24-18-,30-25-,34-29-/t40?,41-,42+/m0/s1. The fourth-order valence-corrected chi connectivity index (χ4v) is 6.19. The van der Waals surface area contributed by atoms with Crippen LogP contribution in [0, 0.1) is 5.92 Å². The lowest BCUT2D eigenvalue weighted by Crippen LogP contribution is -2.29. The molecule has 0 aliphatic heterocycles. The molecule has 0 aromatic rings. The van der Waals surface area contributed by atoms with Crippen LogP contribution in [0.1, 0.15) is 188 Å². The highest BCUT2D eigenvalue weighted by Crippen LogP contribution is 2.36. The van der Waals surface area contributed by atoms with Crippen LogP contribution in [0.2, 0.25) is 0 Å². The number of ether oxygens (including phenoxy) is 2. The Morgan fingerprint density at radius 2 is 1.22 bits per heavy atom. The van der Waals surface area contributed by atoms with Crippen molar-refractivity contribution in [1.82, 2.24) is 0 Å². The summed E-state index contributed by atoms with van der Waals surface area (Å²) in [6, 6.07) is 0. The summed E-state index contributed by atoms with van der Waals surface area (Å²) in [5.74, 6) is -0.112. The molecule has 0 bridgehead atoms. The average Bonchev–Trinajstić information content (AvgIpc) is 3.14. The molecule has 0 aromatic heterocycles. The molecule has 0 heterocycles. The minimum Gasteiger partial charge on any atom is -0.462 e. The van der Waals surface area contributed by atoms with E-state index in [2.05, 4.69) is 31.4 Å². The lowest BCUT2D eigenvalue weighted by Gasteiger charge is -2.18. The normalized spacial score (nSPS) is 14.1. The Bertz CT molecular complexity index is 1050. The number of carbonyl (C=O) groups excluding carboxylic acids is 2. The molecule has 0 saturated carbocycles. The van der Waals surface area contributed by atoms with Crippen molar-refractivity contribution in [2.24, 2.45) is 5.92 Å². The monoisotopic (exact) mass is 783 g/mol. The number of aliphatic hydroxyl groups excluding tert-OH is 1. The summed E-state index contributed by atoms with van der Waals surface area (Å²) < 4.78 is 26.3. The highest BCUT2D eigenvalue weighted by molar-refractivity contribution is 7.46. The van der Waals surface area contributed by atoms with Gasteiger partial charge in [0.05, 0.1) is 12.7 Å². The quantitative estimate of drug-likeness (QED) is 0.0183. The maximum Gasteiger partial charge on any atom is 0.469 e. The van der Waals surface area contributed by atoms with Crippen LogP contribution < -0.4 is 0 Å². The molecule has 9 nitrogen and oxygen atoms in total. The van der Waals surface area contributed by atoms with E-state index in [1.807, 2.05) is 36.5 Å². The smallest absolute Gasteiger partial charge is 0.462 e. The van der Waals surface area contributed by atoms with Gasteiger partial charge in [0.2, 0.25) is 0 Å². The van der Waals surface area contributed by atoms with Crippen molar-refractivity contribution in [3.05, 3.63) is 48.6 Å². The van der Waals surface area contributed by atoms with Crippen molar-refractivity contribution in [3.8, 4) is 0 Å². The van der Waals surface area contributed by atoms with Gasteiger partial charge in [-0.15, -0.1) is 0 Å². The number of esters is 2. The highest BCUT2D eigenvalue weighted by Gasteiger charge is 2.22. The number of allylic oxidation sites excluding steroid dienone is 6. The molecule has 0 radical (unpaired) electrons. The van der Waals surface area contributed by atoms with E-state index in [1.165, 1.54) is 96.3 Å². The first-order valence-corrected chi connectivity index (χ1v) is 23.0. The minimum atomic E-state index is -4.79. The predicted octanol–water partition coefficient (Wildman–Crippen LogP) is 12.0. The summed E-state index contributed by atoms with van der Waals surface area (Å²) in [5, 5.41) is 10.0. The molecule has 0 fully saturated rings. The first-order chi connectivity index (χ1) is 26.1. The van der Waals surface area contributed by atoms with Gasteiger partial charge in [0.1, 0.15) is 6.61 Å². The summed E-state index contributed by atoms with van der Waals surface area (Å²) in [4.78, 5) is 42.8. The zero-order chi connectivity index (χ0) is 40.0. The number of rotatable bonds is 38. The Kier molecular flexibility index (Phi) is 36.4. The van der Waals surface area contributed by atoms with Crippen LogP contribution >= 0.6 is 7.82 Å². The molecule has 54 heavy (non-hydrogen) atoms. The van der Waals surface area contributed by atoms with Crippen molar-refractivity contribution in [3.63, 3.8) is 0 Å². The van der Waals surface area contributed by atoms with E-state index in [9.17, 15) is 19.3 Å². The van der Waals surface area contributed by atoms with Gasteiger partial charge in [-0.25, -0.2) is 4.57 Å². The Hall–Kier alpha value is -2.03. The second kappa shape index (κ2) is 37.9. The average molecular weight is 783 g/mol. The van der Waals surface area contributed by atoms with Gasteiger partial charge in [0, 0.05) is 12.8 Å². The number of hydrogen-bond donors (Lipinski definition) is 3. The Morgan fingerprint density at radius 3 is 1.83 bits per heavy atom. The molecule has 0 aliphatic carbocycles. The summed E-state index contributed by atoms with van der Waals surface area (Å²) in [5.41, 5.74) is 0. The lowest BCUT2D eigenvalue weighted by molar-refractivity contribution is -0.161. The van der Waals surface area contributed by atoms with Crippen LogP contribution in [-0.2, 0) is 28.2 Å². The molecule has 314 valence electrons. The Balaban J connectivity index is 4.05. The molecule has 0 aromatic carbocycles. The number of unbranched alkanes of at least 4 members (excludes halogenated alkanes) is 17. The van der Waals surface area contributed by atoms with Gasteiger partial charge in [0.25, 0.3) is 0 Å². The molecule has 0 aliphatic rings. The van der Waals surface area contributed by atoms with Crippen LogP contribution in [0.15, 0.2) is 48.6 Å². The fraction of sp³-hybridized carbons (Fsp3) is 0.773. The second-order valence-corrected chi connectivity index (χ2v) is 16.0. The third kappa shape index (κ3) is 39.7. The second-order valence-electron chi connectivity index (χ2n) is 14.8. The summed E-state index contributed by atoms with van der Waals surface area (Å²) in [7, 11) is -4.79. The summed E-state index contributed by atoms with van der Waals surface area (Å²) in [6.45, 7) is 5.92. The third-order valence-corrected chi connectivity index (χ3v) is 9.96. The third-order valence-electron chi connectivity index (χ3n) is 9.47. The Morgan fingerprint density at radius 1 is 0.648 bits per heavy atom. The van der Waals surface area contributed by atoms with Crippen molar-refractivity contribution in [2.45, 2.75) is 200 Å². The van der Waals surface area contributed by atoms with Gasteiger partial charge in [-0.3, -0.25) is 14.1 Å². The van der Waals surface area contributed by atoms with E-state index < -0.39 is 38.6 Å². The SMILES string of the molecule is CCCCC/C=C\C=C/[C@H](O)C/C=C\C/C=C/CCCC(=O)O[C@H](COC(=O)CCCCCCCCCCCCCCCCC(C)CC)COP(=O)(O)O. The van der Waals surface area contributed by atoms with Crippen molar-refractivity contribution < 1.29 is 43.0 Å². The topological polar surface area (TPSA) is 140 Å². The van der Waals surface area contributed by atoms with Crippen LogP contribution in [0.3, 0.4) is 0 Å². The van der Waals surface area contributed by atoms with Gasteiger partial charge in [-0.05, 0) is 50.9 Å². The summed E-state index contributed by atoms with van der Waals surface area (Å²) >= 11 is 0. The fourth-order valence-electron chi connectivity index (χ4n) is 5.83. The van der Waals surface area contributed by atoms with Crippen LogP contribution in [0.4, 0.5) is 0 Å². The van der Waals surface area contributed by atoms with E-state index >= 15 is 0 Å². The van der Waals surface area contributed by atoms with Gasteiger partial charge < -0.3 is 24.4 Å². The first-order valence-electron chi connectivity index (χ1n) is 21.4. The predicted molar refractivity (Wildman–Crippen MR) is 222 cm³/mol. The van der Waals surface area contributed by atoms with Crippen LogP contribution in [0.5, 0.6) is 0 Å². The number of hydrogen-bond acceptors (Lipinski definition) is 7. The highest BCUT2D eigenvalue weighted by atomic mass is 31.2. The first kappa shape index (κ1) is 52.0. The zero-order valence-corrected chi connectivity index (χ0v) is 35.3. The maximum atomic E-state index is 12.4. The zero-order valence-electron chi connectivity index (χ0n) is 34.4. The molecule has 3 N–H and O–H groups in total. The molecule has 1 unspecified atom stereocenters. The number of carbonyl (C=O) groups is 2. The van der Waals surface area contributed by atoms with Gasteiger partial charge in [-0.2, -0.15) is 0 Å². The maximum absolute atomic E-state index is 12.4. The largest absolute Gasteiger partial charge is 0.469 e. The van der Waals surface area contributed by atoms with E-state index in [1.54, 1.807) is 6.08 Å². The summed E-state index contributed by atoms with van der Waals surface area (Å²) in [6.07, 6.45) is 41.4. The number of phosphoric acid groups is 1. The van der Waals surface area contributed by atoms with Crippen LogP contribution in [0.25, 0.3) is 0 Å². The number of aliphatic hydroxyl groups is 1. The van der Waals surface area contributed by atoms with Crippen molar-refractivity contribution in [1.29, 1.82) is 0 Å². The lowest BCUT2D eigenvalue weighted by atomic mass is 9.99. The van der Waals surface area contributed by atoms with E-state index in [0.29, 0.717) is 32.1 Å². The van der Waals surface area contributed by atoms with Gasteiger partial charge in [0.15, 0.2) is 6.10 Å². The van der Waals surface area contributed by atoms with Crippen molar-refractivity contribution in [2.75, 3.05) is 13.2 Å². The van der Waals surface area contributed by atoms with E-state index in [-0.39, 0.29) is 19.4 Å². The molecule has 3 atom stereocenters. The Labute approximate surface area is 329 Å². The van der Waals surface area contributed by atoms with Crippen molar-refractivity contribution >= 4 is 19.8 Å². The number of phosphoric ester groups is 1. The van der Waals surface area contributed by atoms with E-state index in [0.717, 1.165) is 31.6 Å². The molecule has 10 heteroatoms. The molecule has 0 spiro atoms. The van der Waals surface area contributed by atoms with Gasteiger partial charge in [-0.1, -0.05) is 179 Å². The molecular weight excluding hydrogens is 703 g/mol. The van der Waals surface area contributed by atoms with Crippen LogP contribution in [-0.4, -0.2) is 52.3 Å². The van der Waals surface area contributed by atoms with E-state index in [4.69, 9.17) is 19.3 Å². The van der Waals surface area contributed by atoms with Gasteiger partial charge >= 0.3 is 19.8 Å². The molecule has 0 rings (SSSR count). The molecular formula is C44H79O9P. The minimum absolute atomic E-state index is 0.102.